The first kappa shape index (κ1) is 14.3. The van der Waals surface area contributed by atoms with Gasteiger partial charge in [-0.25, -0.2) is 0 Å². The normalized spacial score (nSPS) is 10.8. The van der Waals surface area contributed by atoms with Crippen LogP contribution in [0.4, 0.5) is 5.69 Å². The minimum Gasteiger partial charge on any atom is -0.258 e. The summed E-state index contributed by atoms with van der Waals surface area (Å²) < 4.78 is 0. The third-order valence-electron chi connectivity index (χ3n) is 3.34. The van der Waals surface area contributed by atoms with Crippen molar-refractivity contribution in [2.24, 2.45) is 5.92 Å². The third-order valence-corrected chi connectivity index (χ3v) is 3.34. The first-order chi connectivity index (χ1) is 9.49. The first-order valence-corrected chi connectivity index (χ1v) is 6.82. The molecule has 0 amide bonds. The first-order valence-electron chi connectivity index (χ1n) is 6.82. The van der Waals surface area contributed by atoms with Gasteiger partial charge in [0.1, 0.15) is 0 Å². The lowest BCUT2D eigenvalue weighted by molar-refractivity contribution is -0.385. The molecule has 0 unspecified atom stereocenters. The molecule has 2 rings (SSSR count). The molecule has 0 aromatic heterocycles. The van der Waals surface area contributed by atoms with Crippen molar-refractivity contribution in [1.82, 2.24) is 0 Å². The quantitative estimate of drug-likeness (QED) is 0.592. The Morgan fingerprint density at radius 2 is 1.80 bits per heavy atom. The highest BCUT2D eigenvalue weighted by molar-refractivity contribution is 5.70. The van der Waals surface area contributed by atoms with Gasteiger partial charge in [-0.2, -0.15) is 0 Å². The Kier molecular flexibility index (Phi) is 4.18. The van der Waals surface area contributed by atoms with Gasteiger partial charge in [-0.3, -0.25) is 10.1 Å². The molecule has 0 aliphatic heterocycles. The maximum atomic E-state index is 11.2. The van der Waals surface area contributed by atoms with Crippen molar-refractivity contribution in [2.45, 2.75) is 27.2 Å². The number of rotatable bonds is 4. The van der Waals surface area contributed by atoms with E-state index in [-0.39, 0.29) is 10.6 Å². The number of aryl methyl sites for hydroxylation is 1. The van der Waals surface area contributed by atoms with E-state index in [1.165, 1.54) is 0 Å². The standard InChI is InChI=1S/C17H19NO2/c1-12(2)9-15-11-16(14-7-5-4-6-8-14)13(3)10-17(15)18(19)20/h4-8,10-12H,9H2,1-3H3. The fourth-order valence-electron chi connectivity index (χ4n) is 2.44. The van der Waals surface area contributed by atoms with Crippen LogP contribution in [-0.2, 0) is 6.42 Å². The highest BCUT2D eigenvalue weighted by Gasteiger charge is 2.17. The largest absolute Gasteiger partial charge is 0.272 e. The molecule has 3 heteroatoms. The zero-order valence-corrected chi connectivity index (χ0v) is 12.1. The van der Waals surface area contributed by atoms with E-state index in [1.807, 2.05) is 43.3 Å². The smallest absolute Gasteiger partial charge is 0.258 e. The molecule has 3 nitrogen and oxygen atoms in total. The molecule has 0 aliphatic carbocycles. The number of hydrogen-bond donors (Lipinski definition) is 0. The maximum absolute atomic E-state index is 11.2. The van der Waals surface area contributed by atoms with E-state index in [9.17, 15) is 10.1 Å². The van der Waals surface area contributed by atoms with Gasteiger partial charge in [0, 0.05) is 11.6 Å². The lowest BCUT2D eigenvalue weighted by Gasteiger charge is -2.12. The molecule has 0 bridgehead atoms. The van der Waals surface area contributed by atoms with E-state index in [2.05, 4.69) is 13.8 Å². The van der Waals surface area contributed by atoms with Crippen molar-refractivity contribution in [1.29, 1.82) is 0 Å². The second-order valence-electron chi connectivity index (χ2n) is 5.52. The molecular formula is C17H19NO2. The van der Waals surface area contributed by atoms with Gasteiger partial charge in [-0.15, -0.1) is 0 Å². The number of nitro groups is 1. The summed E-state index contributed by atoms with van der Waals surface area (Å²) in [4.78, 5) is 10.9. The van der Waals surface area contributed by atoms with Gasteiger partial charge in [-0.1, -0.05) is 44.2 Å². The zero-order valence-electron chi connectivity index (χ0n) is 12.1. The molecule has 0 heterocycles. The maximum Gasteiger partial charge on any atom is 0.272 e. The van der Waals surface area contributed by atoms with Gasteiger partial charge < -0.3 is 0 Å². The molecule has 0 radical (unpaired) electrons. The van der Waals surface area contributed by atoms with Gasteiger partial charge in [-0.05, 0) is 42.0 Å². The van der Waals surface area contributed by atoms with E-state index in [0.29, 0.717) is 5.92 Å². The summed E-state index contributed by atoms with van der Waals surface area (Å²) in [6, 6.07) is 13.7. The Morgan fingerprint density at radius 3 is 2.35 bits per heavy atom. The number of benzene rings is 2. The van der Waals surface area contributed by atoms with Crippen LogP contribution in [0.2, 0.25) is 0 Å². The van der Waals surface area contributed by atoms with E-state index >= 15 is 0 Å². The molecule has 0 atom stereocenters. The molecule has 0 fully saturated rings. The minimum absolute atomic E-state index is 0.232. The summed E-state index contributed by atoms with van der Waals surface area (Å²) in [5.41, 5.74) is 4.16. The average Bonchev–Trinajstić information content (AvgIpc) is 2.40. The highest BCUT2D eigenvalue weighted by Crippen LogP contribution is 2.31. The molecule has 2 aromatic carbocycles. The van der Waals surface area contributed by atoms with Gasteiger partial charge in [0.25, 0.3) is 5.69 Å². The monoisotopic (exact) mass is 269 g/mol. The molecule has 0 spiro atoms. The molecular weight excluding hydrogens is 250 g/mol. The van der Waals surface area contributed by atoms with Crippen LogP contribution in [-0.4, -0.2) is 4.92 Å². The van der Waals surface area contributed by atoms with Crippen LogP contribution in [0.25, 0.3) is 11.1 Å². The van der Waals surface area contributed by atoms with Crippen molar-refractivity contribution in [3.05, 3.63) is 63.7 Å². The predicted octanol–water partition coefficient (Wildman–Crippen LogP) is 4.77. The van der Waals surface area contributed by atoms with Crippen LogP contribution in [0.5, 0.6) is 0 Å². The lowest BCUT2D eigenvalue weighted by Crippen LogP contribution is -2.01. The third kappa shape index (κ3) is 3.05. The Morgan fingerprint density at radius 1 is 1.15 bits per heavy atom. The molecule has 104 valence electrons. The molecule has 0 saturated heterocycles. The molecule has 0 aliphatic rings. The zero-order chi connectivity index (χ0) is 14.7. The number of hydrogen-bond acceptors (Lipinski definition) is 2. The van der Waals surface area contributed by atoms with Crippen molar-refractivity contribution in [2.75, 3.05) is 0 Å². The Labute approximate surface area is 119 Å². The fourth-order valence-corrected chi connectivity index (χ4v) is 2.44. The predicted molar refractivity (Wildman–Crippen MR) is 81.8 cm³/mol. The lowest BCUT2D eigenvalue weighted by atomic mass is 9.93. The molecule has 0 saturated carbocycles. The van der Waals surface area contributed by atoms with Crippen molar-refractivity contribution in [3.63, 3.8) is 0 Å². The van der Waals surface area contributed by atoms with Crippen LogP contribution < -0.4 is 0 Å². The van der Waals surface area contributed by atoms with E-state index < -0.39 is 0 Å². The summed E-state index contributed by atoms with van der Waals surface area (Å²) in [6.45, 7) is 6.08. The van der Waals surface area contributed by atoms with Gasteiger partial charge in [0.05, 0.1) is 4.92 Å². The fraction of sp³-hybridized carbons (Fsp3) is 0.294. The number of nitro benzene ring substituents is 1. The van der Waals surface area contributed by atoms with Crippen molar-refractivity contribution >= 4 is 5.69 Å². The van der Waals surface area contributed by atoms with Crippen LogP contribution in [0.3, 0.4) is 0 Å². The summed E-state index contributed by atoms with van der Waals surface area (Å²) in [5, 5.41) is 11.2. The van der Waals surface area contributed by atoms with Gasteiger partial charge >= 0.3 is 0 Å². The summed E-state index contributed by atoms with van der Waals surface area (Å²) in [5.74, 6) is 0.389. The second-order valence-corrected chi connectivity index (χ2v) is 5.52. The SMILES string of the molecule is Cc1cc([N+](=O)[O-])c(CC(C)C)cc1-c1ccccc1. The summed E-state index contributed by atoms with van der Waals surface area (Å²) in [7, 11) is 0. The van der Waals surface area contributed by atoms with Crippen LogP contribution >= 0.6 is 0 Å². The van der Waals surface area contributed by atoms with E-state index in [0.717, 1.165) is 28.7 Å². The van der Waals surface area contributed by atoms with E-state index in [4.69, 9.17) is 0 Å². The second kappa shape index (κ2) is 5.87. The van der Waals surface area contributed by atoms with Crippen LogP contribution in [0, 0.1) is 23.0 Å². The Balaban J connectivity index is 2.57. The van der Waals surface area contributed by atoms with Gasteiger partial charge in [0.2, 0.25) is 0 Å². The molecule has 2 aromatic rings. The van der Waals surface area contributed by atoms with Crippen LogP contribution in [0.1, 0.15) is 25.0 Å². The van der Waals surface area contributed by atoms with Crippen molar-refractivity contribution in [3.8, 4) is 11.1 Å². The topological polar surface area (TPSA) is 43.1 Å². The van der Waals surface area contributed by atoms with E-state index in [1.54, 1.807) is 6.07 Å². The Hall–Kier alpha value is -2.16. The highest BCUT2D eigenvalue weighted by atomic mass is 16.6. The Bertz CT molecular complexity index is 618. The van der Waals surface area contributed by atoms with Gasteiger partial charge in [0.15, 0.2) is 0 Å². The summed E-state index contributed by atoms with van der Waals surface area (Å²) >= 11 is 0. The summed E-state index contributed by atoms with van der Waals surface area (Å²) in [6.07, 6.45) is 0.719. The number of nitrogens with zero attached hydrogens (tertiary/aromatic N) is 1. The average molecular weight is 269 g/mol. The minimum atomic E-state index is -0.278. The molecule has 20 heavy (non-hydrogen) atoms. The molecule has 0 N–H and O–H groups in total. The van der Waals surface area contributed by atoms with Crippen molar-refractivity contribution < 1.29 is 4.92 Å². The van der Waals surface area contributed by atoms with Crippen LogP contribution in [0.15, 0.2) is 42.5 Å².